The molecule has 0 saturated carbocycles. The molecule has 0 radical (unpaired) electrons. The van der Waals surface area contributed by atoms with Crippen LogP contribution in [0.3, 0.4) is 0 Å². The van der Waals surface area contributed by atoms with Crippen LogP contribution in [-0.4, -0.2) is 19.8 Å². The van der Waals surface area contributed by atoms with E-state index in [1.807, 2.05) is 30.3 Å². The Kier molecular flexibility index (Phi) is 4.35. The van der Waals surface area contributed by atoms with Crippen molar-refractivity contribution in [1.82, 2.24) is 19.8 Å². The molecule has 5 nitrogen and oxygen atoms in total. The molecule has 0 aliphatic heterocycles. The molecule has 0 saturated heterocycles. The highest BCUT2D eigenvalue weighted by molar-refractivity contribution is 7.19. The van der Waals surface area contributed by atoms with E-state index in [1.165, 1.54) is 11.1 Å². The van der Waals surface area contributed by atoms with E-state index in [-0.39, 0.29) is 10.8 Å². The van der Waals surface area contributed by atoms with Crippen LogP contribution in [0.25, 0.3) is 38.1 Å². The lowest BCUT2D eigenvalue weighted by Gasteiger charge is -2.25. The number of fused-ring (bicyclic) bond motifs is 2. The molecule has 0 atom stereocenters. The number of rotatable bonds is 2. The zero-order valence-electron chi connectivity index (χ0n) is 18.7. The lowest BCUT2D eigenvalue weighted by Crippen LogP contribution is -2.16. The van der Waals surface area contributed by atoms with Crippen molar-refractivity contribution in [2.75, 3.05) is 0 Å². The van der Waals surface area contributed by atoms with Gasteiger partial charge in [0, 0.05) is 10.9 Å². The summed E-state index contributed by atoms with van der Waals surface area (Å²) in [6.07, 6.45) is 0. The second kappa shape index (κ2) is 6.76. The first-order valence-electron chi connectivity index (χ1n) is 10.5. The van der Waals surface area contributed by atoms with Gasteiger partial charge in [-0.3, -0.25) is 0 Å². The van der Waals surface area contributed by atoms with E-state index in [1.54, 1.807) is 15.9 Å². The molecule has 5 aromatic rings. The zero-order chi connectivity index (χ0) is 22.0. The van der Waals surface area contributed by atoms with Crippen molar-refractivity contribution in [2.24, 2.45) is 0 Å². The van der Waals surface area contributed by atoms with Gasteiger partial charge >= 0.3 is 0 Å². The molecule has 3 heterocycles. The largest absolute Gasteiger partial charge is 0.453 e. The fraction of sp³-hybridized carbons (Fsp3) is 0.320. The van der Waals surface area contributed by atoms with Crippen LogP contribution in [0, 0.1) is 0 Å². The number of furan rings is 1. The highest BCUT2D eigenvalue weighted by atomic mass is 32.1. The first kappa shape index (κ1) is 19.9. The van der Waals surface area contributed by atoms with Crippen LogP contribution in [0.4, 0.5) is 0 Å². The second-order valence-electron chi connectivity index (χ2n) is 10.1. The average molecular weight is 431 g/mol. The van der Waals surface area contributed by atoms with Gasteiger partial charge in [0.1, 0.15) is 10.6 Å². The highest BCUT2D eigenvalue weighted by Crippen LogP contribution is 2.36. The number of aromatic nitrogens is 4. The summed E-state index contributed by atoms with van der Waals surface area (Å²) < 4.78 is 7.79. The van der Waals surface area contributed by atoms with Gasteiger partial charge in [-0.05, 0) is 46.2 Å². The van der Waals surface area contributed by atoms with Crippen molar-refractivity contribution in [2.45, 2.75) is 52.4 Å². The molecule has 0 fully saturated rings. The van der Waals surface area contributed by atoms with E-state index < -0.39 is 0 Å². The maximum Gasteiger partial charge on any atom is 0.235 e. The van der Waals surface area contributed by atoms with Crippen molar-refractivity contribution < 1.29 is 4.42 Å². The van der Waals surface area contributed by atoms with Crippen LogP contribution in [0.2, 0.25) is 0 Å². The Labute approximate surface area is 185 Å². The molecule has 31 heavy (non-hydrogen) atoms. The Hall–Kier alpha value is -2.99. The molecule has 5 rings (SSSR count). The lowest BCUT2D eigenvalue weighted by atomic mass is 9.79. The Morgan fingerprint density at radius 3 is 2.16 bits per heavy atom. The zero-order valence-corrected chi connectivity index (χ0v) is 19.5. The van der Waals surface area contributed by atoms with E-state index in [9.17, 15) is 0 Å². The van der Waals surface area contributed by atoms with Crippen LogP contribution in [0.1, 0.15) is 52.7 Å². The van der Waals surface area contributed by atoms with Crippen LogP contribution in [0.5, 0.6) is 0 Å². The number of hydrogen-bond acceptors (Lipinski definition) is 5. The van der Waals surface area contributed by atoms with Crippen LogP contribution >= 0.6 is 11.3 Å². The lowest BCUT2D eigenvalue weighted by molar-refractivity contribution is 0.569. The maximum absolute atomic E-state index is 6.00. The first-order valence-corrected chi connectivity index (χ1v) is 11.3. The summed E-state index contributed by atoms with van der Waals surface area (Å²) >= 11 is 1.55. The van der Waals surface area contributed by atoms with Gasteiger partial charge < -0.3 is 4.42 Å². The predicted octanol–water partition coefficient (Wildman–Crippen LogP) is 6.86. The van der Waals surface area contributed by atoms with Gasteiger partial charge in [-0.2, -0.15) is 9.61 Å². The number of para-hydroxylation sites is 1. The van der Waals surface area contributed by atoms with E-state index in [0.29, 0.717) is 11.6 Å². The third-order valence-corrected chi connectivity index (χ3v) is 6.50. The highest BCUT2D eigenvalue weighted by Gasteiger charge is 2.23. The van der Waals surface area contributed by atoms with Crippen LogP contribution in [0.15, 0.2) is 52.9 Å². The standard InChI is InChI=1S/C25H26N4OS/c1-24(2,3)17-11-16(12-18(14-17)25(4,5)6)22-28-29-21(26-27-23(29)31-22)20-13-15-9-7-8-10-19(15)30-20/h7-14H,1-6H3. The molecule has 0 aliphatic carbocycles. The number of hydrogen-bond donors (Lipinski definition) is 0. The number of nitrogens with zero attached hydrogens (tertiary/aromatic N) is 4. The molecule has 0 bridgehead atoms. The summed E-state index contributed by atoms with van der Waals surface area (Å²) in [5.74, 6) is 1.29. The third-order valence-electron chi connectivity index (χ3n) is 5.55. The Morgan fingerprint density at radius 2 is 1.52 bits per heavy atom. The molecule has 3 aromatic heterocycles. The van der Waals surface area contributed by atoms with E-state index >= 15 is 0 Å². The minimum absolute atomic E-state index is 0.0500. The molecule has 6 heteroatoms. The summed E-state index contributed by atoms with van der Waals surface area (Å²) in [5.41, 5.74) is 4.65. The summed E-state index contributed by atoms with van der Waals surface area (Å²) in [6, 6.07) is 16.8. The second-order valence-corrected chi connectivity index (χ2v) is 11.0. The molecule has 0 unspecified atom stereocenters. The Balaban J connectivity index is 1.65. The summed E-state index contributed by atoms with van der Waals surface area (Å²) in [5, 5.41) is 15.6. The summed E-state index contributed by atoms with van der Waals surface area (Å²) in [7, 11) is 0. The van der Waals surface area contributed by atoms with Gasteiger partial charge in [0.2, 0.25) is 10.8 Å². The normalized spacial score (nSPS) is 12.8. The topological polar surface area (TPSA) is 56.2 Å². The summed E-state index contributed by atoms with van der Waals surface area (Å²) in [4.78, 5) is 0.754. The van der Waals surface area contributed by atoms with Gasteiger partial charge in [0.15, 0.2) is 5.76 Å². The van der Waals surface area contributed by atoms with Gasteiger partial charge in [-0.15, -0.1) is 10.2 Å². The van der Waals surface area contributed by atoms with Crippen molar-refractivity contribution in [3.8, 4) is 22.2 Å². The van der Waals surface area contributed by atoms with Gasteiger partial charge in [-0.25, -0.2) is 0 Å². The fourth-order valence-electron chi connectivity index (χ4n) is 3.60. The summed E-state index contributed by atoms with van der Waals surface area (Å²) in [6.45, 7) is 13.5. The quantitative estimate of drug-likeness (QED) is 0.307. The number of benzene rings is 2. The average Bonchev–Trinajstić information content (AvgIpc) is 3.39. The smallest absolute Gasteiger partial charge is 0.235 e. The van der Waals surface area contributed by atoms with Crippen LogP contribution < -0.4 is 0 Å². The molecule has 0 amide bonds. The monoisotopic (exact) mass is 430 g/mol. The molecule has 158 valence electrons. The molecular formula is C25H26N4OS. The minimum Gasteiger partial charge on any atom is -0.453 e. The molecule has 0 aliphatic rings. The molecule has 0 spiro atoms. The predicted molar refractivity (Wildman–Crippen MR) is 127 cm³/mol. The van der Waals surface area contributed by atoms with Gasteiger partial charge in [0.05, 0.1) is 0 Å². The minimum atomic E-state index is 0.0500. The van der Waals surface area contributed by atoms with E-state index in [4.69, 9.17) is 9.52 Å². The Bertz CT molecular complexity index is 1340. The molecule has 0 N–H and O–H groups in total. The Morgan fingerprint density at radius 1 is 0.839 bits per heavy atom. The van der Waals surface area contributed by atoms with Crippen molar-refractivity contribution in [3.63, 3.8) is 0 Å². The SMILES string of the molecule is CC(C)(C)c1cc(-c2nn3c(-c4cc5ccccc5o4)nnc3s2)cc(C(C)(C)C)c1. The van der Waals surface area contributed by atoms with Gasteiger partial charge in [0.25, 0.3) is 0 Å². The third kappa shape index (κ3) is 3.55. The maximum atomic E-state index is 6.00. The van der Waals surface area contributed by atoms with Crippen molar-refractivity contribution in [3.05, 3.63) is 59.7 Å². The fourth-order valence-corrected chi connectivity index (χ4v) is 4.42. The van der Waals surface area contributed by atoms with Gasteiger partial charge in [-0.1, -0.05) is 77.1 Å². The van der Waals surface area contributed by atoms with Crippen molar-refractivity contribution >= 4 is 27.3 Å². The van der Waals surface area contributed by atoms with Crippen molar-refractivity contribution in [1.29, 1.82) is 0 Å². The van der Waals surface area contributed by atoms with Crippen LogP contribution in [-0.2, 0) is 10.8 Å². The first-order chi connectivity index (χ1) is 14.6. The molecule has 2 aromatic carbocycles. The van der Waals surface area contributed by atoms with E-state index in [2.05, 4.69) is 69.9 Å². The van der Waals surface area contributed by atoms with E-state index in [0.717, 1.165) is 26.5 Å². The molecular weight excluding hydrogens is 404 g/mol.